The Bertz CT molecular complexity index is 1440. The number of sulfonamides is 1. The molecule has 2 aromatic heterocycles. The van der Waals surface area contributed by atoms with E-state index in [9.17, 15) is 8.42 Å². The van der Waals surface area contributed by atoms with Crippen molar-refractivity contribution >= 4 is 27.3 Å². The van der Waals surface area contributed by atoms with E-state index >= 15 is 0 Å². The molecule has 9 nitrogen and oxygen atoms in total. The summed E-state index contributed by atoms with van der Waals surface area (Å²) in [5.74, 6) is 1.02. The lowest BCUT2D eigenvalue weighted by molar-refractivity contribution is 0.307. The highest BCUT2D eigenvalue weighted by Crippen LogP contribution is 2.36. The normalized spacial score (nSPS) is 11.6. The lowest BCUT2D eigenvalue weighted by Crippen LogP contribution is -2.34. The molecule has 0 aliphatic rings. The molecule has 2 heterocycles. The topological polar surface area (TPSA) is 114 Å². The molecule has 0 saturated carbocycles. The van der Waals surface area contributed by atoms with Crippen LogP contribution in [0.25, 0.3) is 11.4 Å². The predicted molar refractivity (Wildman–Crippen MR) is 138 cm³/mol. The Morgan fingerprint density at radius 2 is 1.89 bits per heavy atom. The molecule has 36 heavy (non-hydrogen) atoms. The second-order valence-corrected chi connectivity index (χ2v) is 11.1. The summed E-state index contributed by atoms with van der Waals surface area (Å²) in [5, 5.41) is 14.3. The molecule has 0 spiro atoms. The van der Waals surface area contributed by atoms with E-state index in [4.69, 9.17) is 16.3 Å². The number of rotatable bonds is 9. The highest BCUT2D eigenvalue weighted by Gasteiger charge is 2.29. The summed E-state index contributed by atoms with van der Waals surface area (Å²) in [6.45, 7) is 8.27. The molecule has 0 bridgehead atoms. The van der Waals surface area contributed by atoms with Crippen molar-refractivity contribution in [2.24, 2.45) is 5.92 Å². The van der Waals surface area contributed by atoms with E-state index in [1.54, 1.807) is 24.4 Å². The van der Waals surface area contributed by atoms with Crippen LogP contribution in [0.1, 0.15) is 30.5 Å². The van der Waals surface area contributed by atoms with Crippen molar-refractivity contribution in [3.63, 3.8) is 0 Å². The van der Waals surface area contributed by atoms with Gasteiger partial charge in [-0.1, -0.05) is 37.6 Å². The lowest BCUT2D eigenvalue weighted by atomic mass is 10.1. The van der Waals surface area contributed by atoms with Crippen LogP contribution in [0, 0.1) is 19.8 Å². The summed E-state index contributed by atoms with van der Waals surface area (Å²) in [7, 11) is -3.88. The summed E-state index contributed by atoms with van der Waals surface area (Å²) in [6.07, 6.45) is 2.90. The first-order valence-corrected chi connectivity index (χ1v) is 13.2. The molecule has 0 amide bonds. The third-order valence-corrected chi connectivity index (χ3v) is 7.77. The van der Waals surface area contributed by atoms with Crippen LogP contribution in [-0.4, -0.2) is 40.6 Å². The number of tetrazole rings is 1. The number of ether oxygens (including phenoxy) is 1. The monoisotopic (exact) mass is 526 g/mol. The fraction of sp³-hybridized carbons (Fsp3) is 0.280. The molecule has 0 saturated heterocycles. The van der Waals surface area contributed by atoms with E-state index < -0.39 is 10.0 Å². The van der Waals surface area contributed by atoms with Crippen molar-refractivity contribution in [1.29, 1.82) is 0 Å². The first-order valence-electron chi connectivity index (χ1n) is 11.4. The zero-order valence-electron chi connectivity index (χ0n) is 20.4. The second kappa shape index (κ2) is 10.6. The van der Waals surface area contributed by atoms with E-state index in [0.717, 1.165) is 22.3 Å². The minimum atomic E-state index is -3.88. The van der Waals surface area contributed by atoms with Crippen LogP contribution in [0.15, 0.2) is 59.8 Å². The van der Waals surface area contributed by atoms with Crippen LogP contribution in [0.4, 0.5) is 5.69 Å². The second-order valence-electron chi connectivity index (χ2n) is 8.87. The average molecular weight is 527 g/mol. The molecule has 4 rings (SSSR count). The van der Waals surface area contributed by atoms with E-state index in [1.807, 2.05) is 52.0 Å². The number of aryl methyl sites for hydroxylation is 2. The smallest absolute Gasteiger partial charge is 0.265 e. The molecule has 0 aliphatic carbocycles. The average Bonchev–Trinajstić information content (AvgIpc) is 3.39. The Hall–Kier alpha value is -3.50. The summed E-state index contributed by atoms with van der Waals surface area (Å²) in [5.41, 5.74) is 3.89. The fourth-order valence-electron chi connectivity index (χ4n) is 3.62. The van der Waals surface area contributed by atoms with Gasteiger partial charge in [-0.05, 0) is 71.7 Å². The standard InChI is InChI=1S/C25H27ClN6O3S/c1-16(2)14-32(36(33,34)21-6-5-9-27-13-21)23-10-17(3)18(4)11-24(23)35-15-20-8-7-19(12-22(20)26)25-28-30-31-29-25/h5-13,16H,14-15H2,1-4H3,(H,28,29,30,31). The van der Waals surface area contributed by atoms with Gasteiger partial charge in [-0.3, -0.25) is 9.29 Å². The highest BCUT2D eigenvalue weighted by molar-refractivity contribution is 7.92. The van der Waals surface area contributed by atoms with Gasteiger partial charge in [-0.2, -0.15) is 0 Å². The number of aromatic nitrogens is 5. The van der Waals surface area contributed by atoms with Gasteiger partial charge < -0.3 is 4.74 Å². The molecule has 0 fully saturated rings. The van der Waals surface area contributed by atoms with Crippen LogP contribution < -0.4 is 9.04 Å². The summed E-state index contributed by atoms with van der Waals surface area (Å²) >= 11 is 6.52. The molecular weight excluding hydrogens is 500 g/mol. The largest absolute Gasteiger partial charge is 0.487 e. The van der Waals surface area contributed by atoms with Gasteiger partial charge in [0.25, 0.3) is 10.0 Å². The maximum absolute atomic E-state index is 13.7. The van der Waals surface area contributed by atoms with Gasteiger partial charge in [0.15, 0.2) is 5.82 Å². The lowest BCUT2D eigenvalue weighted by Gasteiger charge is -2.28. The number of hydrogen-bond acceptors (Lipinski definition) is 7. The van der Waals surface area contributed by atoms with Crippen molar-refractivity contribution < 1.29 is 13.2 Å². The number of hydrogen-bond donors (Lipinski definition) is 1. The number of pyridine rings is 1. The Morgan fingerprint density at radius 1 is 1.11 bits per heavy atom. The van der Waals surface area contributed by atoms with Crippen molar-refractivity contribution in [1.82, 2.24) is 25.6 Å². The SMILES string of the molecule is Cc1cc(OCc2ccc(-c3nnn[nH]3)cc2Cl)c(N(CC(C)C)S(=O)(=O)c2cccnc2)cc1C. The van der Waals surface area contributed by atoms with Crippen LogP contribution in [0.3, 0.4) is 0 Å². The van der Waals surface area contributed by atoms with Gasteiger partial charge in [0.1, 0.15) is 17.3 Å². The van der Waals surface area contributed by atoms with Gasteiger partial charge >= 0.3 is 0 Å². The fourth-order valence-corrected chi connectivity index (χ4v) is 5.45. The number of nitrogens with zero attached hydrogens (tertiary/aromatic N) is 5. The van der Waals surface area contributed by atoms with E-state index in [2.05, 4.69) is 25.6 Å². The number of H-pyrrole nitrogens is 1. The molecule has 0 radical (unpaired) electrons. The number of aromatic amines is 1. The zero-order valence-corrected chi connectivity index (χ0v) is 22.0. The number of halogens is 1. The van der Waals surface area contributed by atoms with Gasteiger partial charge in [-0.15, -0.1) is 5.10 Å². The van der Waals surface area contributed by atoms with Gasteiger partial charge in [0.2, 0.25) is 0 Å². The molecule has 188 valence electrons. The zero-order chi connectivity index (χ0) is 25.9. The highest BCUT2D eigenvalue weighted by atomic mass is 35.5. The molecule has 4 aromatic rings. The van der Waals surface area contributed by atoms with E-state index in [-0.39, 0.29) is 24.0 Å². The van der Waals surface area contributed by atoms with Gasteiger partial charge in [-0.25, -0.2) is 13.5 Å². The summed E-state index contributed by atoms with van der Waals surface area (Å²) in [6, 6.07) is 12.3. The minimum absolute atomic E-state index is 0.0680. The van der Waals surface area contributed by atoms with Crippen LogP contribution >= 0.6 is 11.6 Å². The van der Waals surface area contributed by atoms with Gasteiger partial charge in [0.05, 0.1) is 5.69 Å². The third kappa shape index (κ3) is 5.50. The van der Waals surface area contributed by atoms with Gasteiger partial charge in [0, 0.05) is 35.1 Å². The van der Waals surface area contributed by atoms with E-state index in [1.165, 1.54) is 10.5 Å². The van der Waals surface area contributed by atoms with Crippen molar-refractivity contribution in [2.75, 3.05) is 10.8 Å². The number of nitrogens with one attached hydrogen (secondary N) is 1. The first kappa shape index (κ1) is 25.6. The number of anilines is 1. The summed E-state index contributed by atoms with van der Waals surface area (Å²) < 4.78 is 35.0. The van der Waals surface area contributed by atoms with Crippen LogP contribution in [0.5, 0.6) is 5.75 Å². The molecule has 2 aromatic carbocycles. The maximum atomic E-state index is 13.7. The Kier molecular flexibility index (Phi) is 7.56. The number of benzene rings is 2. The van der Waals surface area contributed by atoms with Crippen LogP contribution in [-0.2, 0) is 16.6 Å². The summed E-state index contributed by atoms with van der Waals surface area (Å²) in [4.78, 5) is 4.13. The third-order valence-electron chi connectivity index (χ3n) is 5.65. The quantitative estimate of drug-likeness (QED) is 0.327. The Labute approximate surface area is 215 Å². The van der Waals surface area contributed by atoms with Crippen molar-refractivity contribution in [3.05, 3.63) is 76.6 Å². The van der Waals surface area contributed by atoms with Crippen molar-refractivity contribution in [3.8, 4) is 17.1 Å². The Morgan fingerprint density at radius 3 is 2.53 bits per heavy atom. The Balaban J connectivity index is 1.70. The molecule has 0 unspecified atom stereocenters. The first-order chi connectivity index (χ1) is 17.2. The molecule has 1 N–H and O–H groups in total. The molecule has 11 heteroatoms. The maximum Gasteiger partial charge on any atom is 0.265 e. The molecule has 0 aliphatic heterocycles. The molecule has 0 atom stereocenters. The van der Waals surface area contributed by atoms with Crippen molar-refractivity contribution in [2.45, 2.75) is 39.2 Å². The van der Waals surface area contributed by atoms with Crippen LogP contribution in [0.2, 0.25) is 5.02 Å². The predicted octanol–water partition coefficient (Wildman–Crippen LogP) is 4.96. The minimum Gasteiger partial charge on any atom is -0.487 e. The van der Waals surface area contributed by atoms with E-state index in [0.29, 0.717) is 22.3 Å². The molecular formula is C25H27ClN6O3S.